The third-order valence-corrected chi connectivity index (χ3v) is 2.31. The van der Waals surface area contributed by atoms with Crippen molar-refractivity contribution < 1.29 is 4.74 Å². The summed E-state index contributed by atoms with van der Waals surface area (Å²) in [7, 11) is 0. The number of nitrogens with zero attached hydrogens (tertiary/aromatic N) is 3. The Bertz CT molecular complexity index is 275. The number of hydrogen-bond donors (Lipinski definition) is 1. The van der Waals surface area contributed by atoms with E-state index in [9.17, 15) is 0 Å². The fourth-order valence-electron chi connectivity index (χ4n) is 1.50. The molecule has 2 rings (SSSR count). The molecule has 2 heterocycles. The average molecular weight is 194 g/mol. The minimum Gasteiger partial charge on any atom is -0.377 e. The van der Waals surface area contributed by atoms with Crippen LogP contribution in [0.1, 0.15) is 0 Å². The smallest absolute Gasteiger partial charge is 0.115 e. The number of aromatic nitrogens is 2. The highest BCUT2D eigenvalue weighted by Crippen LogP contribution is 2.18. The molecule has 5 heteroatoms. The number of anilines is 1. The zero-order chi connectivity index (χ0) is 9.80. The van der Waals surface area contributed by atoms with Crippen molar-refractivity contribution in [2.75, 3.05) is 31.2 Å². The second-order valence-electron chi connectivity index (χ2n) is 3.27. The van der Waals surface area contributed by atoms with E-state index in [2.05, 4.69) is 14.9 Å². The Labute approximate surface area is 82.9 Å². The average Bonchev–Trinajstić information content (AvgIpc) is 2.16. The van der Waals surface area contributed by atoms with Gasteiger partial charge in [0.1, 0.15) is 6.33 Å². The van der Waals surface area contributed by atoms with E-state index in [0.717, 1.165) is 25.4 Å². The van der Waals surface area contributed by atoms with Crippen LogP contribution in [0.15, 0.2) is 18.7 Å². The fourth-order valence-corrected chi connectivity index (χ4v) is 1.50. The van der Waals surface area contributed by atoms with Gasteiger partial charge in [0.05, 0.1) is 37.3 Å². The van der Waals surface area contributed by atoms with Crippen LogP contribution in [0, 0.1) is 0 Å². The molecule has 1 fully saturated rings. The summed E-state index contributed by atoms with van der Waals surface area (Å²) >= 11 is 0. The molecule has 0 aliphatic carbocycles. The van der Waals surface area contributed by atoms with Crippen LogP contribution in [0.5, 0.6) is 0 Å². The molecular weight excluding hydrogens is 180 g/mol. The van der Waals surface area contributed by atoms with Gasteiger partial charge < -0.3 is 15.4 Å². The minimum atomic E-state index is 0.435. The van der Waals surface area contributed by atoms with Gasteiger partial charge in [0.2, 0.25) is 0 Å². The van der Waals surface area contributed by atoms with E-state index in [4.69, 9.17) is 10.5 Å². The molecule has 0 unspecified atom stereocenters. The van der Waals surface area contributed by atoms with E-state index in [1.165, 1.54) is 6.33 Å². The number of rotatable bonds is 4. The Morgan fingerprint density at radius 1 is 1.43 bits per heavy atom. The molecule has 0 aromatic carbocycles. The minimum absolute atomic E-state index is 0.435. The van der Waals surface area contributed by atoms with Gasteiger partial charge in [-0.1, -0.05) is 0 Å². The van der Waals surface area contributed by atoms with Crippen molar-refractivity contribution in [2.24, 2.45) is 5.73 Å². The predicted octanol–water partition coefficient (Wildman–Crippen LogP) is -0.360. The molecular formula is C9H14N4O. The molecule has 1 aromatic heterocycles. The van der Waals surface area contributed by atoms with Crippen molar-refractivity contribution in [3.05, 3.63) is 18.7 Å². The summed E-state index contributed by atoms with van der Waals surface area (Å²) in [5.74, 6) is 0. The lowest BCUT2D eigenvalue weighted by atomic mass is 10.2. The van der Waals surface area contributed by atoms with Gasteiger partial charge in [-0.3, -0.25) is 0 Å². The van der Waals surface area contributed by atoms with Crippen LogP contribution in [0.3, 0.4) is 0 Å². The summed E-state index contributed by atoms with van der Waals surface area (Å²) in [6.45, 7) is 3.00. The molecule has 0 radical (unpaired) electrons. The molecule has 0 spiro atoms. The van der Waals surface area contributed by atoms with Gasteiger partial charge in [0.25, 0.3) is 0 Å². The highest BCUT2D eigenvalue weighted by molar-refractivity contribution is 5.43. The molecule has 0 amide bonds. The molecule has 0 atom stereocenters. The predicted molar refractivity (Wildman–Crippen MR) is 53.0 cm³/mol. The first-order valence-corrected chi connectivity index (χ1v) is 4.71. The van der Waals surface area contributed by atoms with E-state index in [1.54, 1.807) is 12.4 Å². The van der Waals surface area contributed by atoms with Gasteiger partial charge in [0, 0.05) is 13.1 Å². The quantitative estimate of drug-likeness (QED) is 0.709. The van der Waals surface area contributed by atoms with Crippen LogP contribution in [-0.2, 0) is 4.74 Å². The summed E-state index contributed by atoms with van der Waals surface area (Å²) in [5.41, 5.74) is 6.58. The third-order valence-electron chi connectivity index (χ3n) is 2.31. The largest absolute Gasteiger partial charge is 0.377 e. The second kappa shape index (κ2) is 4.34. The summed E-state index contributed by atoms with van der Waals surface area (Å²) < 4.78 is 5.16. The van der Waals surface area contributed by atoms with Gasteiger partial charge in [-0.25, -0.2) is 9.97 Å². The lowest BCUT2D eigenvalue weighted by Crippen LogP contribution is -2.51. The van der Waals surface area contributed by atoms with Crippen molar-refractivity contribution in [2.45, 2.75) is 6.04 Å². The molecule has 1 aliphatic heterocycles. The van der Waals surface area contributed by atoms with E-state index in [0.29, 0.717) is 12.6 Å². The van der Waals surface area contributed by atoms with Crippen molar-refractivity contribution >= 4 is 5.69 Å². The Kier molecular flexibility index (Phi) is 2.90. The zero-order valence-corrected chi connectivity index (χ0v) is 7.97. The van der Waals surface area contributed by atoms with Crippen LogP contribution in [0.4, 0.5) is 5.69 Å². The van der Waals surface area contributed by atoms with Crippen molar-refractivity contribution in [3.8, 4) is 0 Å². The van der Waals surface area contributed by atoms with E-state index in [-0.39, 0.29) is 0 Å². The normalized spacial score (nSPS) is 16.4. The molecule has 1 saturated heterocycles. The zero-order valence-electron chi connectivity index (χ0n) is 7.97. The van der Waals surface area contributed by atoms with Crippen LogP contribution >= 0.6 is 0 Å². The maximum absolute atomic E-state index is 5.56. The Morgan fingerprint density at radius 2 is 2.14 bits per heavy atom. The fraction of sp³-hybridized carbons (Fsp3) is 0.556. The van der Waals surface area contributed by atoms with E-state index < -0.39 is 0 Å². The molecule has 14 heavy (non-hydrogen) atoms. The highest BCUT2D eigenvalue weighted by atomic mass is 16.5. The Morgan fingerprint density at radius 3 is 2.64 bits per heavy atom. The summed E-state index contributed by atoms with van der Waals surface area (Å²) in [4.78, 5) is 10.2. The Hall–Kier alpha value is -1.20. The summed E-state index contributed by atoms with van der Waals surface area (Å²) in [6, 6.07) is 0.435. The van der Waals surface area contributed by atoms with Crippen molar-refractivity contribution in [3.63, 3.8) is 0 Å². The second-order valence-corrected chi connectivity index (χ2v) is 3.27. The first-order chi connectivity index (χ1) is 6.92. The van der Waals surface area contributed by atoms with Crippen LogP contribution in [-0.4, -0.2) is 42.3 Å². The first kappa shape index (κ1) is 9.36. The molecule has 5 nitrogen and oxygen atoms in total. The molecule has 76 valence electrons. The van der Waals surface area contributed by atoms with Gasteiger partial charge >= 0.3 is 0 Å². The first-order valence-electron chi connectivity index (χ1n) is 4.71. The standard InChI is InChI=1S/C9H14N4O/c10-1-2-13(9-5-14-6-9)8-3-11-7-12-4-8/h3-4,7,9H,1-2,5-6,10H2. The van der Waals surface area contributed by atoms with Gasteiger partial charge in [0.15, 0.2) is 0 Å². The third kappa shape index (κ3) is 1.83. The van der Waals surface area contributed by atoms with E-state index >= 15 is 0 Å². The Balaban J connectivity index is 2.09. The lowest BCUT2D eigenvalue weighted by Gasteiger charge is -2.38. The maximum atomic E-state index is 5.56. The number of hydrogen-bond acceptors (Lipinski definition) is 5. The van der Waals surface area contributed by atoms with Gasteiger partial charge in [-0.2, -0.15) is 0 Å². The van der Waals surface area contributed by atoms with Crippen LogP contribution < -0.4 is 10.6 Å². The van der Waals surface area contributed by atoms with Crippen molar-refractivity contribution in [1.82, 2.24) is 9.97 Å². The lowest BCUT2D eigenvalue weighted by molar-refractivity contribution is 0.00827. The monoisotopic (exact) mass is 194 g/mol. The van der Waals surface area contributed by atoms with E-state index in [1.807, 2.05) is 0 Å². The number of nitrogens with two attached hydrogens (primary N) is 1. The summed E-state index contributed by atoms with van der Waals surface area (Å²) in [5, 5.41) is 0. The maximum Gasteiger partial charge on any atom is 0.115 e. The summed E-state index contributed by atoms with van der Waals surface area (Å²) in [6.07, 6.45) is 5.14. The van der Waals surface area contributed by atoms with Gasteiger partial charge in [-0.05, 0) is 0 Å². The number of ether oxygens (including phenoxy) is 1. The van der Waals surface area contributed by atoms with Crippen molar-refractivity contribution in [1.29, 1.82) is 0 Å². The molecule has 2 N–H and O–H groups in total. The van der Waals surface area contributed by atoms with Crippen LogP contribution in [0.25, 0.3) is 0 Å². The van der Waals surface area contributed by atoms with Gasteiger partial charge in [-0.15, -0.1) is 0 Å². The highest BCUT2D eigenvalue weighted by Gasteiger charge is 2.25. The molecule has 0 bridgehead atoms. The topological polar surface area (TPSA) is 64.3 Å². The SMILES string of the molecule is NCCN(c1cncnc1)C1COC1. The molecule has 1 aliphatic rings. The molecule has 0 saturated carbocycles. The molecule has 1 aromatic rings. The van der Waals surface area contributed by atoms with Crippen LogP contribution in [0.2, 0.25) is 0 Å².